The molecule has 3 N–H and O–H groups in total. The molecular formula is C25H34N2O7. The van der Waals surface area contributed by atoms with Gasteiger partial charge in [0.2, 0.25) is 12.2 Å². The zero-order valence-corrected chi connectivity index (χ0v) is 19.3. The third kappa shape index (κ3) is 9.11. The van der Waals surface area contributed by atoms with Crippen LogP contribution < -0.4 is 10.1 Å². The van der Waals surface area contributed by atoms with Crippen LogP contribution in [0.15, 0.2) is 61.2 Å². The van der Waals surface area contributed by atoms with Crippen molar-refractivity contribution in [3.05, 3.63) is 66.8 Å². The van der Waals surface area contributed by atoms with Crippen LogP contribution in [0.2, 0.25) is 0 Å². The zero-order valence-electron chi connectivity index (χ0n) is 19.3. The maximum atomic E-state index is 12.0. The van der Waals surface area contributed by atoms with Gasteiger partial charge in [-0.1, -0.05) is 49.6 Å². The molecule has 0 saturated carbocycles. The summed E-state index contributed by atoms with van der Waals surface area (Å²) in [4.78, 5) is 23.5. The maximum absolute atomic E-state index is 12.0. The molecule has 2 saturated heterocycles. The molecule has 2 fully saturated rings. The van der Waals surface area contributed by atoms with Crippen molar-refractivity contribution in [3.63, 3.8) is 0 Å². The lowest BCUT2D eigenvalue weighted by atomic mass is 10.1. The molecular weight excluding hydrogens is 440 g/mol. The Balaban J connectivity index is 0.000000347. The minimum Gasteiger partial charge on any atom is -0.464 e. The van der Waals surface area contributed by atoms with Crippen LogP contribution >= 0.6 is 0 Å². The molecule has 2 aliphatic rings. The summed E-state index contributed by atoms with van der Waals surface area (Å²) in [6.45, 7) is 9.82. The van der Waals surface area contributed by atoms with Gasteiger partial charge in [-0.2, -0.15) is 0 Å². The zero-order chi connectivity index (χ0) is 24.8. The van der Waals surface area contributed by atoms with Crippen LogP contribution in [0.25, 0.3) is 0 Å². The number of ether oxygens (including phenoxy) is 3. The van der Waals surface area contributed by atoms with Gasteiger partial charge in [-0.25, -0.2) is 0 Å². The first-order valence-electron chi connectivity index (χ1n) is 11.2. The summed E-state index contributed by atoms with van der Waals surface area (Å²) >= 11 is 0. The Morgan fingerprint density at radius 2 is 2.09 bits per heavy atom. The van der Waals surface area contributed by atoms with Crippen molar-refractivity contribution in [2.75, 3.05) is 32.8 Å². The number of carbonyl (C=O) groups is 2. The van der Waals surface area contributed by atoms with E-state index in [2.05, 4.69) is 23.2 Å². The molecule has 9 heteroatoms. The van der Waals surface area contributed by atoms with Gasteiger partial charge in [0, 0.05) is 38.0 Å². The van der Waals surface area contributed by atoms with Crippen LogP contribution in [0.4, 0.5) is 0 Å². The van der Waals surface area contributed by atoms with Crippen molar-refractivity contribution in [1.82, 2.24) is 10.2 Å². The molecule has 186 valence electrons. The lowest BCUT2D eigenvalue weighted by Crippen LogP contribution is -2.47. The van der Waals surface area contributed by atoms with E-state index in [1.165, 1.54) is 0 Å². The number of hydrogen-bond donors (Lipinski definition) is 3. The maximum Gasteiger partial charge on any atom is 0.293 e. The second-order valence-electron chi connectivity index (χ2n) is 7.80. The van der Waals surface area contributed by atoms with Crippen molar-refractivity contribution in [2.24, 2.45) is 0 Å². The first-order chi connectivity index (χ1) is 16.5. The number of nitrogens with zero attached hydrogens (tertiary/aromatic N) is 1. The topological polar surface area (TPSA) is 118 Å². The second-order valence-corrected chi connectivity index (χ2v) is 7.80. The molecule has 34 heavy (non-hydrogen) atoms. The smallest absolute Gasteiger partial charge is 0.293 e. The van der Waals surface area contributed by atoms with Crippen LogP contribution in [0, 0.1) is 0 Å². The van der Waals surface area contributed by atoms with Gasteiger partial charge in [0.1, 0.15) is 12.4 Å². The van der Waals surface area contributed by atoms with Crippen molar-refractivity contribution in [3.8, 4) is 5.75 Å². The SMILES string of the molecule is C=C/C=C(\C=C)COC=O.O=C1CNCCN1Cc1ccccc1OC1CC(O)CC(CO)O1. The first-order valence-corrected chi connectivity index (χ1v) is 11.2. The number of carbonyl (C=O) groups excluding carboxylic acids is 2. The fourth-order valence-corrected chi connectivity index (χ4v) is 3.51. The number of benzene rings is 1. The minimum absolute atomic E-state index is 0.0701. The van der Waals surface area contributed by atoms with Gasteiger partial charge < -0.3 is 34.6 Å². The minimum atomic E-state index is -0.606. The highest BCUT2D eigenvalue weighted by Gasteiger charge is 2.30. The van der Waals surface area contributed by atoms with Gasteiger partial charge in [0.25, 0.3) is 6.47 Å². The highest BCUT2D eigenvalue weighted by atomic mass is 16.7. The normalized spacial score (nSPS) is 22.8. The predicted molar refractivity (Wildman–Crippen MR) is 127 cm³/mol. The molecule has 0 radical (unpaired) electrons. The monoisotopic (exact) mass is 474 g/mol. The summed E-state index contributed by atoms with van der Waals surface area (Å²) in [5.41, 5.74) is 1.74. The third-order valence-corrected chi connectivity index (χ3v) is 5.24. The molecule has 3 rings (SSSR count). The number of rotatable bonds is 10. The van der Waals surface area contributed by atoms with E-state index in [1.807, 2.05) is 24.3 Å². The fourth-order valence-electron chi connectivity index (χ4n) is 3.51. The van der Waals surface area contributed by atoms with Crippen LogP contribution in [-0.2, 0) is 25.6 Å². The van der Waals surface area contributed by atoms with Gasteiger partial charge in [-0.3, -0.25) is 9.59 Å². The Morgan fingerprint density at radius 1 is 1.29 bits per heavy atom. The van der Waals surface area contributed by atoms with E-state index in [9.17, 15) is 19.8 Å². The summed E-state index contributed by atoms with van der Waals surface area (Å²) in [6.07, 6.45) is 4.16. The Hall–Kier alpha value is -2.98. The van der Waals surface area contributed by atoms with Crippen LogP contribution in [0.5, 0.6) is 5.75 Å². The Labute approximate surface area is 200 Å². The highest BCUT2D eigenvalue weighted by Crippen LogP contribution is 2.26. The molecule has 0 aromatic heterocycles. The number of amides is 1. The Morgan fingerprint density at radius 3 is 2.76 bits per heavy atom. The van der Waals surface area contributed by atoms with E-state index in [1.54, 1.807) is 23.1 Å². The fraction of sp³-hybridized carbons (Fsp3) is 0.440. The standard InChI is InChI=1S/C17H24N2O5.C8H10O2/c20-11-14-7-13(21)8-17(23-14)24-15-4-2-1-3-12(15)10-19-6-5-18-9-16(19)22;1-3-5-8(4-2)6-10-7-9/h1-4,13-14,17-18,20-21H,5-11H2;3-5,7H,1-2,6H2/b;8-5+. The molecule has 0 bridgehead atoms. The van der Waals surface area contributed by atoms with E-state index >= 15 is 0 Å². The van der Waals surface area contributed by atoms with E-state index in [-0.39, 0.29) is 19.1 Å². The Bertz CT molecular complexity index is 842. The number of piperazine rings is 1. The number of allylic oxidation sites excluding steroid dienone is 2. The van der Waals surface area contributed by atoms with Gasteiger partial charge >= 0.3 is 0 Å². The highest BCUT2D eigenvalue weighted by molar-refractivity contribution is 5.79. The van der Waals surface area contributed by atoms with Crippen molar-refractivity contribution >= 4 is 12.4 Å². The lowest BCUT2D eigenvalue weighted by Gasteiger charge is -2.33. The van der Waals surface area contributed by atoms with Crippen LogP contribution in [0.1, 0.15) is 18.4 Å². The van der Waals surface area contributed by atoms with E-state index in [0.717, 1.165) is 17.7 Å². The quantitative estimate of drug-likeness (QED) is 0.343. The van der Waals surface area contributed by atoms with Crippen molar-refractivity contribution in [1.29, 1.82) is 0 Å². The summed E-state index contributed by atoms with van der Waals surface area (Å²) in [5, 5.41) is 22.2. The lowest BCUT2D eigenvalue weighted by molar-refractivity contribution is -0.184. The predicted octanol–water partition coefficient (Wildman–Crippen LogP) is 1.31. The number of aliphatic hydroxyl groups excluding tert-OH is 2. The molecule has 0 spiro atoms. The molecule has 1 aromatic carbocycles. The number of nitrogens with one attached hydrogen (secondary N) is 1. The average Bonchev–Trinajstić information content (AvgIpc) is 2.84. The summed E-state index contributed by atoms with van der Waals surface area (Å²) in [6, 6.07) is 7.52. The van der Waals surface area contributed by atoms with Gasteiger partial charge in [0.15, 0.2) is 0 Å². The second kappa shape index (κ2) is 15.0. The molecule has 3 atom stereocenters. The average molecular weight is 475 g/mol. The number of aliphatic hydroxyl groups is 2. The number of para-hydroxylation sites is 1. The first kappa shape index (κ1) is 27.3. The van der Waals surface area contributed by atoms with Crippen molar-refractivity contribution in [2.45, 2.75) is 37.9 Å². The van der Waals surface area contributed by atoms with Gasteiger partial charge in [-0.05, 0) is 11.6 Å². The molecule has 2 heterocycles. The molecule has 9 nitrogen and oxygen atoms in total. The molecule has 1 amide bonds. The molecule has 1 aromatic rings. The van der Waals surface area contributed by atoms with Gasteiger partial charge in [-0.15, -0.1) is 0 Å². The van der Waals surface area contributed by atoms with Crippen LogP contribution in [0.3, 0.4) is 0 Å². The van der Waals surface area contributed by atoms with Gasteiger partial charge in [0.05, 0.1) is 25.4 Å². The van der Waals surface area contributed by atoms with Crippen LogP contribution in [-0.4, -0.2) is 78.8 Å². The van der Waals surface area contributed by atoms with E-state index < -0.39 is 18.5 Å². The third-order valence-electron chi connectivity index (χ3n) is 5.24. The van der Waals surface area contributed by atoms with E-state index in [4.69, 9.17) is 9.47 Å². The summed E-state index contributed by atoms with van der Waals surface area (Å²) in [5.74, 6) is 0.709. The van der Waals surface area contributed by atoms with E-state index in [0.29, 0.717) is 44.7 Å². The molecule has 0 aliphatic carbocycles. The molecule has 2 aliphatic heterocycles. The molecule has 3 unspecified atom stereocenters. The summed E-state index contributed by atoms with van der Waals surface area (Å²) < 4.78 is 16.0. The Kier molecular flexibility index (Phi) is 12.0. The summed E-state index contributed by atoms with van der Waals surface area (Å²) in [7, 11) is 0. The van der Waals surface area contributed by atoms with Crippen molar-refractivity contribution < 1.29 is 34.0 Å². The largest absolute Gasteiger partial charge is 0.464 e. The number of hydrogen-bond acceptors (Lipinski definition) is 8.